The normalized spacial score (nSPS) is 13.7. The number of amides is 1. The fourth-order valence-electron chi connectivity index (χ4n) is 3.96. The number of nitrogens with zero attached hydrogens (tertiary/aromatic N) is 3. The maximum Gasteiger partial charge on any atom is 0.416 e. The van der Waals surface area contributed by atoms with E-state index in [-0.39, 0.29) is 5.56 Å². The number of ether oxygens (including phenoxy) is 1. The average molecular weight is 478 g/mol. The van der Waals surface area contributed by atoms with Crippen LogP contribution in [0.1, 0.15) is 28.8 Å². The van der Waals surface area contributed by atoms with E-state index in [4.69, 9.17) is 9.72 Å². The summed E-state index contributed by atoms with van der Waals surface area (Å²) >= 11 is 0. The highest BCUT2D eigenvalue weighted by molar-refractivity contribution is 6.04. The third-order valence-electron chi connectivity index (χ3n) is 5.71. The second-order valence-electron chi connectivity index (χ2n) is 8.24. The Hall–Kier alpha value is -4.14. The maximum absolute atomic E-state index is 13.0. The van der Waals surface area contributed by atoms with Crippen LogP contribution in [0, 0.1) is 0 Å². The number of carbonyl (C=O) groups is 1. The van der Waals surface area contributed by atoms with Gasteiger partial charge in [0.05, 0.1) is 22.8 Å². The quantitative estimate of drug-likeness (QED) is 0.365. The molecule has 6 nitrogen and oxygen atoms in total. The predicted octanol–water partition coefficient (Wildman–Crippen LogP) is 6.29. The molecule has 35 heavy (non-hydrogen) atoms. The Morgan fingerprint density at radius 3 is 2.49 bits per heavy atom. The van der Waals surface area contributed by atoms with Crippen LogP contribution < -0.4 is 15.0 Å². The van der Waals surface area contributed by atoms with Crippen molar-refractivity contribution in [1.29, 1.82) is 0 Å². The number of carbonyl (C=O) groups excluding carboxylic acids is 1. The molecule has 0 unspecified atom stereocenters. The molecule has 1 aliphatic rings. The highest BCUT2D eigenvalue weighted by Crippen LogP contribution is 2.30. The lowest BCUT2D eigenvalue weighted by Gasteiger charge is -2.16. The van der Waals surface area contributed by atoms with E-state index >= 15 is 0 Å². The Morgan fingerprint density at radius 2 is 1.69 bits per heavy atom. The molecular formula is C26H21F3N4O2. The second kappa shape index (κ2) is 9.25. The maximum atomic E-state index is 13.0. The minimum absolute atomic E-state index is 0.0898. The van der Waals surface area contributed by atoms with Crippen molar-refractivity contribution in [1.82, 2.24) is 9.97 Å². The van der Waals surface area contributed by atoms with Crippen LogP contribution in [0.4, 0.5) is 24.7 Å². The monoisotopic (exact) mass is 478 g/mol. The summed E-state index contributed by atoms with van der Waals surface area (Å²) in [6.45, 7) is 1.94. The van der Waals surface area contributed by atoms with Crippen molar-refractivity contribution in [2.24, 2.45) is 0 Å². The van der Waals surface area contributed by atoms with Crippen molar-refractivity contribution in [3.05, 3.63) is 84.1 Å². The molecule has 0 saturated carbocycles. The third kappa shape index (κ3) is 5.18. The Morgan fingerprint density at radius 1 is 0.914 bits per heavy atom. The molecule has 9 heteroatoms. The van der Waals surface area contributed by atoms with Crippen molar-refractivity contribution in [3.8, 4) is 11.5 Å². The predicted molar refractivity (Wildman–Crippen MR) is 127 cm³/mol. The van der Waals surface area contributed by atoms with Gasteiger partial charge in [-0.1, -0.05) is 12.1 Å². The average Bonchev–Trinajstić information content (AvgIpc) is 3.38. The lowest BCUT2D eigenvalue weighted by Crippen LogP contribution is -2.19. The van der Waals surface area contributed by atoms with E-state index in [1.807, 2.05) is 6.07 Å². The number of anilines is 2. The largest absolute Gasteiger partial charge is 0.457 e. The molecule has 3 aromatic carbocycles. The number of benzene rings is 3. The van der Waals surface area contributed by atoms with Gasteiger partial charge in [-0.3, -0.25) is 9.78 Å². The minimum Gasteiger partial charge on any atom is -0.457 e. The molecule has 4 aromatic rings. The highest BCUT2D eigenvalue weighted by Gasteiger charge is 2.30. The van der Waals surface area contributed by atoms with Crippen LogP contribution in [0.25, 0.3) is 11.0 Å². The molecule has 1 amide bonds. The van der Waals surface area contributed by atoms with Gasteiger partial charge < -0.3 is 15.0 Å². The van der Waals surface area contributed by atoms with E-state index in [0.29, 0.717) is 22.7 Å². The van der Waals surface area contributed by atoms with Crippen LogP contribution in [0.3, 0.4) is 0 Å². The number of fused-ring (bicyclic) bond motifs is 1. The fraction of sp³-hybridized carbons (Fsp3) is 0.192. The summed E-state index contributed by atoms with van der Waals surface area (Å²) < 4.78 is 44.8. The molecule has 0 spiro atoms. The molecule has 5 rings (SSSR count). The standard InChI is InChI=1S/C26H21F3N4O2/c27-26(28,29)18-6-3-5-17(13-18)25(34)31-19-7-4-8-20(14-19)35-21-9-10-22-23(15-21)32-24(16-30-22)33-11-1-2-12-33/h3-10,13-16H,1-2,11-12H2,(H,31,34). The number of alkyl halides is 3. The number of rotatable bonds is 5. The lowest BCUT2D eigenvalue weighted by atomic mass is 10.1. The van der Waals surface area contributed by atoms with Crippen LogP contribution in [0.15, 0.2) is 72.9 Å². The molecule has 1 aromatic heterocycles. The van der Waals surface area contributed by atoms with E-state index in [0.717, 1.165) is 49.4 Å². The Kier molecular flexibility index (Phi) is 5.98. The molecule has 2 heterocycles. The van der Waals surface area contributed by atoms with E-state index in [2.05, 4.69) is 15.2 Å². The number of hydrogen-bond acceptors (Lipinski definition) is 5. The molecule has 0 aliphatic carbocycles. The van der Waals surface area contributed by atoms with Gasteiger partial charge in [0.15, 0.2) is 0 Å². The lowest BCUT2D eigenvalue weighted by molar-refractivity contribution is -0.137. The Labute approximate surface area is 199 Å². The van der Waals surface area contributed by atoms with Crippen LogP contribution in [0.5, 0.6) is 11.5 Å². The van der Waals surface area contributed by atoms with Crippen molar-refractivity contribution in [2.45, 2.75) is 19.0 Å². The van der Waals surface area contributed by atoms with E-state index in [1.54, 1.807) is 42.6 Å². The van der Waals surface area contributed by atoms with Crippen molar-refractivity contribution in [2.75, 3.05) is 23.3 Å². The van der Waals surface area contributed by atoms with Gasteiger partial charge in [-0.2, -0.15) is 13.2 Å². The Bertz CT molecular complexity index is 1380. The first-order chi connectivity index (χ1) is 16.8. The molecule has 178 valence electrons. The first kappa shape index (κ1) is 22.6. The summed E-state index contributed by atoms with van der Waals surface area (Å²) in [4.78, 5) is 23.9. The molecule has 1 N–H and O–H groups in total. The van der Waals surface area contributed by atoms with Crippen LogP contribution in [0.2, 0.25) is 0 Å². The molecule has 0 bridgehead atoms. The first-order valence-corrected chi connectivity index (χ1v) is 11.1. The van der Waals surface area contributed by atoms with Crippen molar-refractivity contribution < 1.29 is 22.7 Å². The smallest absolute Gasteiger partial charge is 0.416 e. The van der Waals surface area contributed by atoms with Gasteiger partial charge in [0.2, 0.25) is 0 Å². The molecule has 1 aliphatic heterocycles. The summed E-state index contributed by atoms with van der Waals surface area (Å²) in [6.07, 6.45) is -0.457. The molecule has 1 saturated heterocycles. The van der Waals surface area contributed by atoms with Gasteiger partial charge in [0.1, 0.15) is 17.3 Å². The van der Waals surface area contributed by atoms with Crippen LogP contribution in [-0.4, -0.2) is 29.0 Å². The summed E-state index contributed by atoms with van der Waals surface area (Å²) in [6, 6.07) is 16.3. The molecule has 1 fully saturated rings. The zero-order valence-electron chi connectivity index (χ0n) is 18.5. The van der Waals surface area contributed by atoms with Gasteiger partial charge in [-0.25, -0.2) is 4.98 Å². The number of halogens is 3. The van der Waals surface area contributed by atoms with Crippen LogP contribution >= 0.6 is 0 Å². The Balaban J connectivity index is 1.32. The minimum atomic E-state index is -4.52. The van der Waals surface area contributed by atoms with Gasteiger partial charge in [-0.15, -0.1) is 0 Å². The zero-order valence-corrected chi connectivity index (χ0v) is 18.5. The zero-order chi connectivity index (χ0) is 24.4. The van der Waals surface area contributed by atoms with Gasteiger partial charge in [0, 0.05) is 36.5 Å². The van der Waals surface area contributed by atoms with Crippen molar-refractivity contribution >= 4 is 28.4 Å². The van der Waals surface area contributed by atoms with Crippen molar-refractivity contribution in [3.63, 3.8) is 0 Å². The second-order valence-corrected chi connectivity index (χ2v) is 8.24. The first-order valence-electron chi connectivity index (χ1n) is 11.1. The topological polar surface area (TPSA) is 67.3 Å². The summed E-state index contributed by atoms with van der Waals surface area (Å²) in [5.74, 6) is 1.19. The number of nitrogens with one attached hydrogen (secondary N) is 1. The van der Waals surface area contributed by atoms with Gasteiger partial charge in [0.25, 0.3) is 5.91 Å². The SMILES string of the molecule is O=C(Nc1cccc(Oc2ccc3ncc(N4CCCC4)nc3c2)c1)c1cccc(C(F)(F)F)c1. The highest BCUT2D eigenvalue weighted by atomic mass is 19.4. The van der Waals surface area contributed by atoms with Gasteiger partial charge in [-0.05, 0) is 55.3 Å². The number of aromatic nitrogens is 2. The molecule has 0 atom stereocenters. The fourth-order valence-corrected chi connectivity index (χ4v) is 3.96. The van der Waals surface area contributed by atoms with E-state index in [1.165, 1.54) is 12.1 Å². The summed E-state index contributed by atoms with van der Waals surface area (Å²) in [5, 5.41) is 2.62. The van der Waals surface area contributed by atoms with Gasteiger partial charge >= 0.3 is 6.18 Å². The summed E-state index contributed by atoms with van der Waals surface area (Å²) in [5.41, 5.74) is 0.882. The molecular weight excluding hydrogens is 457 g/mol. The third-order valence-corrected chi connectivity index (χ3v) is 5.71. The summed E-state index contributed by atoms with van der Waals surface area (Å²) in [7, 11) is 0. The van der Waals surface area contributed by atoms with E-state index < -0.39 is 17.6 Å². The van der Waals surface area contributed by atoms with Crippen LogP contribution in [-0.2, 0) is 6.18 Å². The molecule has 0 radical (unpaired) electrons. The van der Waals surface area contributed by atoms with E-state index in [9.17, 15) is 18.0 Å². The number of hydrogen-bond donors (Lipinski definition) is 1.